The lowest BCUT2D eigenvalue weighted by Gasteiger charge is -2.12. The van der Waals surface area contributed by atoms with Gasteiger partial charge in [0.25, 0.3) is 0 Å². The highest BCUT2D eigenvalue weighted by Crippen LogP contribution is 2.11. The van der Waals surface area contributed by atoms with E-state index in [1.807, 2.05) is 18.2 Å². The topological polar surface area (TPSA) is 58.5 Å². The van der Waals surface area contributed by atoms with Crippen LogP contribution in [0.3, 0.4) is 0 Å². The zero-order valence-electron chi connectivity index (χ0n) is 13.3. The molecule has 0 unspecified atom stereocenters. The number of nitrogens with one attached hydrogen (secondary N) is 2. The average Bonchev–Trinajstić information content (AvgIpc) is 2.60. The molecule has 0 saturated carbocycles. The van der Waals surface area contributed by atoms with Crippen molar-refractivity contribution >= 4 is 17.6 Å². The molecule has 1 aromatic heterocycles. The molecular formula is C17H21ClN4O. The van der Waals surface area contributed by atoms with Crippen LogP contribution in [-0.2, 0) is 13.0 Å². The number of rotatable bonds is 6. The molecule has 0 aliphatic heterocycles. The van der Waals surface area contributed by atoms with Crippen molar-refractivity contribution < 1.29 is 4.74 Å². The summed E-state index contributed by atoms with van der Waals surface area (Å²) in [6.45, 7) is 1.44. The average molecular weight is 333 g/mol. The van der Waals surface area contributed by atoms with Crippen LogP contribution in [0, 0.1) is 0 Å². The molecule has 0 amide bonds. The summed E-state index contributed by atoms with van der Waals surface area (Å²) >= 11 is 5.77. The molecule has 0 spiro atoms. The molecule has 1 heterocycles. The molecule has 5 nitrogen and oxygen atoms in total. The van der Waals surface area contributed by atoms with Crippen molar-refractivity contribution in [3.05, 3.63) is 58.9 Å². The summed E-state index contributed by atoms with van der Waals surface area (Å²) in [6, 6.07) is 11.8. The maximum Gasteiger partial charge on any atom is 0.191 e. The lowest BCUT2D eigenvalue weighted by atomic mass is 10.1. The minimum absolute atomic E-state index is 0.496. The summed E-state index contributed by atoms with van der Waals surface area (Å²) in [7, 11) is 3.42. The summed E-state index contributed by atoms with van der Waals surface area (Å²) in [5.74, 6) is 1.63. The molecule has 2 rings (SSSR count). The van der Waals surface area contributed by atoms with Crippen molar-refractivity contribution in [2.45, 2.75) is 13.0 Å². The van der Waals surface area contributed by atoms with Gasteiger partial charge >= 0.3 is 0 Å². The van der Waals surface area contributed by atoms with E-state index in [0.717, 1.165) is 30.2 Å². The second kappa shape index (κ2) is 9.00. The Morgan fingerprint density at radius 1 is 1.13 bits per heavy atom. The summed E-state index contributed by atoms with van der Waals surface area (Å²) < 4.78 is 5.15. The highest BCUT2D eigenvalue weighted by atomic mass is 35.5. The smallest absolute Gasteiger partial charge is 0.191 e. The van der Waals surface area contributed by atoms with Crippen LogP contribution in [0.4, 0.5) is 0 Å². The van der Waals surface area contributed by atoms with Crippen molar-refractivity contribution in [3.8, 4) is 5.75 Å². The maximum absolute atomic E-state index is 5.77. The van der Waals surface area contributed by atoms with E-state index in [1.165, 1.54) is 5.56 Å². The zero-order chi connectivity index (χ0) is 16.5. The molecule has 122 valence electrons. The van der Waals surface area contributed by atoms with Gasteiger partial charge in [-0.25, -0.2) is 4.98 Å². The number of ether oxygens (including phenoxy) is 1. The third kappa shape index (κ3) is 5.79. The molecule has 2 aromatic rings. The fourth-order valence-electron chi connectivity index (χ4n) is 2.03. The van der Waals surface area contributed by atoms with Crippen LogP contribution in [0.1, 0.15) is 11.1 Å². The van der Waals surface area contributed by atoms with Crippen molar-refractivity contribution in [2.24, 2.45) is 4.99 Å². The van der Waals surface area contributed by atoms with Crippen molar-refractivity contribution in [2.75, 3.05) is 20.7 Å². The Balaban J connectivity index is 1.75. The van der Waals surface area contributed by atoms with E-state index in [-0.39, 0.29) is 0 Å². The first-order valence-corrected chi connectivity index (χ1v) is 7.77. The molecule has 1 aromatic carbocycles. The summed E-state index contributed by atoms with van der Waals surface area (Å²) in [5, 5.41) is 7.03. The van der Waals surface area contributed by atoms with Gasteiger partial charge < -0.3 is 15.4 Å². The number of methoxy groups -OCH3 is 1. The lowest BCUT2D eigenvalue weighted by Crippen LogP contribution is -2.37. The number of nitrogens with zero attached hydrogens (tertiary/aromatic N) is 2. The van der Waals surface area contributed by atoms with Crippen LogP contribution in [-0.4, -0.2) is 31.6 Å². The van der Waals surface area contributed by atoms with Crippen LogP contribution in [0.15, 0.2) is 47.6 Å². The van der Waals surface area contributed by atoms with Gasteiger partial charge in [-0.3, -0.25) is 4.99 Å². The number of halogens is 1. The van der Waals surface area contributed by atoms with Crippen LogP contribution in [0.2, 0.25) is 5.15 Å². The number of guanidine groups is 1. The van der Waals surface area contributed by atoms with Gasteiger partial charge in [0.05, 0.1) is 7.11 Å². The van der Waals surface area contributed by atoms with Gasteiger partial charge in [-0.1, -0.05) is 29.8 Å². The zero-order valence-corrected chi connectivity index (χ0v) is 14.1. The molecule has 0 aliphatic carbocycles. The number of benzene rings is 1. The minimum atomic E-state index is 0.496. The van der Waals surface area contributed by atoms with E-state index in [1.54, 1.807) is 26.4 Å². The first-order valence-electron chi connectivity index (χ1n) is 7.39. The molecule has 2 N–H and O–H groups in total. The van der Waals surface area contributed by atoms with Crippen molar-refractivity contribution in [1.29, 1.82) is 0 Å². The van der Waals surface area contributed by atoms with E-state index in [9.17, 15) is 0 Å². The standard InChI is InChI=1S/C17H21ClN4O/c1-19-17(22-12-14-5-8-16(18)21-11-14)20-10-9-13-3-6-15(23-2)7-4-13/h3-8,11H,9-10,12H2,1-2H3,(H2,19,20,22). The highest BCUT2D eigenvalue weighted by molar-refractivity contribution is 6.29. The summed E-state index contributed by atoms with van der Waals surface area (Å²) in [4.78, 5) is 8.26. The molecule has 0 fully saturated rings. The first kappa shape index (κ1) is 17.1. The third-order valence-corrected chi connectivity index (χ3v) is 3.56. The Bertz CT molecular complexity index is 626. The Morgan fingerprint density at radius 3 is 2.48 bits per heavy atom. The van der Waals surface area contributed by atoms with E-state index < -0.39 is 0 Å². The summed E-state index contributed by atoms with van der Waals surface area (Å²) in [5.41, 5.74) is 2.29. The number of aromatic nitrogens is 1. The molecule has 6 heteroatoms. The second-order valence-electron chi connectivity index (χ2n) is 4.94. The molecule has 0 radical (unpaired) electrons. The number of pyridine rings is 1. The van der Waals surface area contributed by atoms with Gasteiger partial charge in [-0.05, 0) is 35.7 Å². The Labute approximate surface area is 141 Å². The molecule has 23 heavy (non-hydrogen) atoms. The van der Waals surface area contributed by atoms with E-state index in [4.69, 9.17) is 16.3 Å². The monoisotopic (exact) mass is 332 g/mol. The van der Waals surface area contributed by atoms with Crippen LogP contribution < -0.4 is 15.4 Å². The van der Waals surface area contributed by atoms with Gasteiger partial charge in [0.1, 0.15) is 10.9 Å². The van der Waals surface area contributed by atoms with Gasteiger partial charge in [0, 0.05) is 26.3 Å². The van der Waals surface area contributed by atoms with E-state index in [0.29, 0.717) is 11.7 Å². The van der Waals surface area contributed by atoms with Crippen molar-refractivity contribution in [1.82, 2.24) is 15.6 Å². The minimum Gasteiger partial charge on any atom is -0.497 e. The first-order chi connectivity index (χ1) is 11.2. The van der Waals surface area contributed by atoms with Gasteiger partial charge in [-0.15, -0.1) is 0 Å². The molecule has 0 bridgehead atoms. The number of hydrogen-bond acceptors (Lipinski definition) is 3. The van der Waals surface area contributed by atoms with Gasteiger partial charge in [0.15, 0.2) is 5.96 Å². The predicted molar refractivity (Wildman–Crippen MR) is 94.1 cm³/mol. The molecule has 0 aliphatic rings. The SMILES string of the molecule is CN=C(NCCc1ccc(OC)cc1)NCc1ccc(Cl)nc1. The molecular weight excluding hydrogens is 312 g/mol. The third-order valence-electron chi connectivity index (χ3n) is 3.34. The Kier molecular flexibility index (Phi) is 6.69. The molecule has 0 atom stereocenters. The van der Waals surface area contributed by atoms with Gasteiger partial charge in [-0.2, -0.15) is 0 Å². The van der Waals surface area contributed by atoms with Crippen molar-refractivity contribution in [3.63, 3.8) is 0 Å². The van der Waals surface area contributed by atoms with Crippen LogP contribution in [0.5, 0.6) is 5.75 Å². The fourth-order valence-corrected chi connectivity index (χ4v) is 2.15. The lowest BCUT2D eigenvalue weighted by molar-refractivity contribution is 0.414. The largest absolute Gasteiger partial charge is 0.497 e. The Hall–Kier alpha value is -2.27. The quantitative estimate of drug-likeness (QED) is 0.485. The predicted octanol–water partition coefficient (Wildman–Crippen LogP) is 2.65. The van der Waals surface area contributed by atoms with Crippen LogP contribution >= 0.6 is 11.6 Å². The van der Waals surface area contributed by atoms with Crippen LogP contribution in [0.25, 0.3) is 0 Å². The van der Waals surface area contributed by atoms with E-state index in [2.05, 4.69) is 32.7 Å². The summed E-state index contributed by atoms with van der Waals surface area (Å²) in [6.07, 6.45) is 2.66. The maximum atomic E-state index is 5.77. The Morgan fingerprint density at radius 2 is 1.87 bits per heavy atom. The fraction of sp³-hybridized carbons (Fsp3) is 0.294. The number of aliphatic imine (C=N–C) groups is 1. The molecule has 0 saturated heterocycles. The van der Waals surface area contributed by atoms with Gasteiger partial charge in [0.2, 0.25) is 0 Å². The second-order valence-corrected chi connectivity index (χ2v) is 5.33. The normalized spacial score (nSPS) is 11.2. The van der Waals surface area contributed by atoms with E-state index >= 15 is 0 Å². The highest BCUT2D eigenvalue weighted by Gasteiger charge is 2.00. The number of hydrogen-bond donors (Lipinski definition) is 2.